The molecule has 0 saturated carbocycles. The molecule has 0 N–H and O–H groups in total. The van der Waals surface area contributed by atoms with Crippen LogP contribution in [0.25, 0.3) is 0 Å². The Hall–Kier alpha value is -2.04. The number of hydrogen-bond donors (Lipinski definition) is 0. The van der Waals surface area contributed by atoms with Crippen LogP contribution in [0.1, 0.15) is 24.0 Å². The van der Waals surface area contributed by atoms with E-state index < -0.39 is 0 Å². The van der Waals surface area contributed by atoms with Gasteiger partial charge in [0.25, 0.3) is 0 Å². The first-order chi connectivity index (χ1) is 13.4. The zero-order valence-corrected chi connectivity index (χ0v) is 15.9. The number of para-hydroxylation sites is 2. The molecule has 0 amide bonds. The second kappa shape index (κ2) is 9.25. The Morgan fingerprint density at radius 2 is 1.30 bits per heavy atom. The van der Waals surface area contributed by atoms with Gasteiger partial charge in [-0.3, -0.25) is 4.90 Å². The molecule has 0 radical (unpaired) electrons. The maximum absolute atomic E-state index is 6.00. The summed E-state index contributed by atoms with van der Waals surface area (Å²) in [5.41, 5.74) is 2.60. The lowest BCUT2D eigenvalue weighted by atomic mass is 9.89. The van der Waals surface area contributed by atoms with Crippen molar-refractivity contribution >= 4 is 0 Å². The van der Waals surface area contributed by atoms with E-state index in [0.717, 1.165) is 43.5 Å². The topological polar surface area (TPSA) is 30.9 Å². The number of rotatable bonds is 0. The van der Waals surface area contributed by atoms with Gasteiger partial charge in [-0.15, -0.1) is 0 Å². The monoisotopic (exact) mass is 367 g/mol. The van der Waals surface area contributed by atoms with Crippen LogP contribution in [0.5, 0.6) is 11.5 Å². The van der Waals surface area contributed by atoms with E-state index in [-0.39, 0.29) is 0 Å². The number of piperidine rings is 1. The summed E-state index contributed by atoms with van der Waals surface area (Å²) in [6.07, 6.45) is 3.57. The molecule has 4 nitrogen and oxygen atoms in total. The van der Waals surface area contributed by atoms with Crippen LogP contribution in [-0.2, 0) is 17.7 Å². The van der Waals surface area contributed by atoms with Crippen molar-refractivity contribution in [3.05, 3.63) is 59.7 Å². The Morgan fingerprint density at radius 1 is 0.704 bits per heavy atom. The lowest BCUT2D eigenvalue weighted by molar-refractivity contribution is 0.0758. The highest BCUT2D eigenvalue weighted by Crippen LogP contribution is 2.28. The number of benzene rings is 2. The van der Waals surface area contributed by atoms with Gasteiger partial charge in [-0.05, 0) is 56.0 Å². The molecule has 144 valence electrons. The zero-order chi connectivity index (χ0) is 18.3. The lowest BCUT2D eigenvalue weighted by Crippen LogP contribution is -2.34. The van der Waals surface area contributed by atoms with Crippen LogP contribution in [0.2, 0.25) is 0 Å². The Kier molecular flexibility index (Phi) is 6.28. The summed E-state index contributed by atoms with van der Waals surface area (Å²) < 4.78 is 17.7. The molecular weight excluding hydrogens is 338 g/mol. The van der Waals surface area contributed by atoms with Crippen LogP contribution in [0.4, 0.5) is 0 Å². The minimum Gasteiger partial charge on any atom is -0.491 e. The molecule has 1 saturated heterocycles. The molecule has 0 aliphatic carbocycles. The predicted molar refractivity (Wildman–Crippen MR) is 106 cm³/mol. The Labute approximate surface area is 162 Å². The van der Waals surface area contributed by atoms with Crippen molar-refractivity contribution < 1.29 is 14.2 Å². The van der Waals surface area contributed by atoms with E-state index in [9.17, 15) is 0 Å². The molecule has 0 unspecified atom stereocenters. The molecule has 3 heterocycles. The van der Waals surface area contributed by atoms with Crippen molar-refractivity contribution in [3.63, 3.8) is 0 Å². The van der Waals surface area contributed by atoms with E-state index >= 15 is 0 Å². The van der Waals surface area contributed by atoms with Crippen LogP contribution in [0, 0.1) is 5.92 Å². The van der Waals surface area contributed by atoms with E-state index in [1.807, 2.05) is 6.07 Å². The zero-order valence-electron chi connectivity index (χ0n) is 15.9. The first-order valence-electron chi connectivity index (χ1n) is 10.1. The van der Waals surface area contributed by atoms with Gasteiger partial charge in [0.2, 0.25) is 0 Å². The van der Waals surface area contributed by atoms with E-state index in [0.29, 0.717) is 26.4 Å². The molecule has 3 aliphatic rings. The lowest BCUT2D eigenvalue weighted by Gasteiger charge is -2.32. The highest BCUT2D eigenvalue weighted by Gasteiger charge is 2.21. The molecule has 5 rings (SSSR count). The number of ether oxygens (including phenoxy) is 3. The van der Waals surface area contributed by atoms with Gasteiger partial charge in [0.15, 0.2) is 0 Å². The van der Waals surface area contributed by atoms with E-state index in [1.54, 1.807) is 0 Å². The van der Waals surface area contributed by atoms with Gasteiger partial charge in [-0.1, -0.05) is 36.4 Å². The van der Waals surface area contributed by atoms with Crippen molar-refractivity contribution in [2.45, 2.75) is 25.8 Å². The molecule has 27 heavy (non-hydrogen) atoms. The number of nitrogens with zero attached hydrogens (tertiary/aromatic N) is 1. The minimum atomic E-state index is 0.565. The standard InChI is InChI=1S/C23H29NO3/c1-3-7-22-20(5-1)17-19-9-11-24(12-10-19)18-21-6-2-4-8-23(21)27-16-14-25-13-15-26-22/h1-8,19H,9-18H2. The predicted octanol–water partition coefficient (Wildman–Crippen LogP) is 3.93. The summed E-state index contributed by atoms with van der Waals surface area (Å²) in [5.74, 6) is 2.72. The van der Waals surface area contributed by atoms with Gasteiger partial charge in [0, 0.05) is 12.1 Å². The number of fused-ring (bicyclic) bond motifs is 8. The molecule has 0 atom stereocenters. The Bertz CT molecular complexity index is 664. The number of hydrogen-bond acceptors (Lipinski definition) is 4. The Balaban J connectivity index is 1.48. The van der Waals surface area contributed by atoms with Gasteiger partial charge < -0.3 is 14.2 Å². The highest BCUT2D eigenvalue weighted by molar-refractivity contribution is 5.34. The van der Waals surface area contributed by atoms with Crippen LogP contribution in [0.15, 0.2) is 48.5 Å². The fourth-order valence-corrected chi connectivity index (χ4v) is 4.01. The van der Waals surface area contributed by atoms with Crippen molar-refractivity contribution in [2.24, 2.45) is 5.92 Å². The average Bonchev–Trinajstić information content (AvgIpc) is 2.71. The van der Waals surface area contributed by atoms with Crippen molar-refractivity contribution in [1.82, 2.24) is 4.90 Å². The quantitative estimate of drug-likeness (QED) is 0.660. The van der Waals surface area contributed by atoms with E-state index in [1.165, 1.54) is 24.0 Å². The molecule has 0 aromatic heterocycles. The van der Waals surface area contributed by atoms with Crippen LogP contribution in [-0.4, -0.2) is 44.4 Å². The minimum absolute atomic E-state index is 0.565. The summed E-state index contributed by atoms with van der Waals surface area (Å²) in [4.78, 5) is 2.55. The summed E-state index contributed by atoms with van der Waals surface area (Å²) in [7, 11) is 0. The summed E-state index contributed by atoms with van der Waals surface area (Å²) in [6.45, 7) is 5.54. The van der Waals surface area contributed by atoms with Crippen LogP contribution < -0.4 is 9.47 Å². The molecule has 2 aromatic rings. The normalized spacial score (nSPS) is 24.0. The third-order valence-corrected chi connectivity index (χ3v) is 5.53. The van der Waals surface area contributed by atoms with Crippen molar-refractivity contribution in [2.75, 3.05) is 39.5 Å². The molecule has 3 aliphatic heterocycles. The third-order valence-electron chi connectivity index (χ3n) is 5.53. The maximum atomic E-state index is 6.00. The highest BCUT2D eigenvalue weighted by atomic mass is 16.5. The molecule has 0 spiro atoms. The summed E-state index contributed by atoms with van der Waals surface area (Å²) >= 11 is 0. The van der Waals surface area contributed by atoms with Crippen LogP contribution >= 0.6 is 0 Å². The molecular formula is C23H29NO3. The van der Waals surface area contributed by atoms with E-state index in [2.05, 4.69) is 47.4 Å². The van der Waals surface area contributed by atoms with Gasteiger partial charge in [0.1, 0.15) is 24.7 Å². The SMILES string of the molecule is c1ccc2c(c1)CC1CCN(CC1)Cc1ccccc1OCCOCCO2. The second-order valence-corrected chi connectivity index (χ2v) is 7.45. The van der Waals surface area contributed by atoms with E-state index in [4.69, 9.17) is 14.2 Å². The first kappa shape index (κ1) is 18.3. The molecule has 2 aromatic carbocycles. The van der Waals surface area contributed by atoms with Gasteiger partial charge in [-0.2, -0.15) is 0 Å². The fraction of sp³-hybridized carbons (Fsp3) is 0.478. The van der Waals surface area contributed by atoms with Crippen LogP contribution in [0.3, 0.4) is 0 Å². The van der Waals surface area contributed by atoms with Crippen molar-refractivity contribution in [1.29, 1.82) is 0 Å². The van der Waals surface area contributed by atoms with Gasteiger partial charge in [0.05, 0.1) is 13.2 Å². The second-order valence-electron chi connectivity index (χ2n) is 7.45. The fourth-order valence-electron chi connectivity index (χ4n) is 4.01. The third kappa shape index (κ3) is 5.02. The average molecular weight is 367 g/mol. The van der Waals surface area contributed by atoms with Gasteiger partial charge in [-0.25, -0.2) is 0 Å². The Morgan fingerprint density at radius 3 is 2.00 bits per heavy atom. The summed E-state index contributed by atoms with van der Waals surface area (Å²) in [5, 5.41) is 0. The van der Waals surface area contributed by atoms with Crippen molar-refractivity contribution in [3.8, 4) is 11.5 Å². The van der Waals surface area contributed by atoms with Gasteiger partial charge >= 0.3 is 0 Å². The first-order valence-corrected chi connectivity index (χ1v) is 10.1. The molecule has 1 fully saturated rings. The maximum Gasteiger partial charge on any atom is 0.123 e. The summed E-state index contributed by atoms with van der Waals surface area (Å²) in [6, 6.07) is 16.8. The smallest absolute Gasteiger partial charge is 0.123 e. The largest absolute Gasteiger partial charge is 0.491 e. The molecule has 2 bridgehead atoms. The molecule has 4 heteroatoms.